The number of fused-ring (bicyclic) bond motifs is 4. The highest BCUT2D eigenvalue weighted by Gasteiger charge is 2.77. The number of benzene rings is 1. The van der Waals surface area contributed by atoms with E-state index in [0.717, 1.165) is 0 Å². The molecule has 0 aromatic heterocycles. The molecule has 2 bridgehead atoms. The second kappa shape index (κ2) is 6.46. The molecule has 3 rings (SSSR count). The van der Waals surface area contributed by atoms with E-state index in [2.05, 4.69) is 0 Å². The number of nitrogens with zero attached hydrogens (tertiary/aromatic N) is 3. The maximum Gasteiger partial charge on any atom is 0.306 e. The number of hydrogen-bond acceptors (Lipinski definition) is 8. The second-order valence-electron chi connectivity index (χ2n) is 7.13. The van der Waals surface area contributed by atoms with Crippen LogP contribution in [-0.2, 0) is 10.3 Å². The van der Waals surface area contributed by atoms with Crippen molar-refractivity contribution in [2.75, 3.05) is 26.2 Å². The molecule has 144 valence electrons. The minimum atomic E-state index is -2.32. The van der Waals surface area contributed by atoms with Crippen LogP contribution in [0.3, 0.4) is 0 Å². The van der Waals surface area contributed by atoms with Gasteiger partial charge in [0.2, 0.25) is 5.78 Å². The van der Waals surface area contributed by atoms with Gasteiger partial charge in [0.05, 0.1) is 19.7 Å². The molecule has 1 aliphatic heterocycles. The van der Waals surface area contributed by atoms with Crippen LogP contribution in [0, 0.1) is 26.1 Å². The third-order valence-electron chi connectivity index (χ3n) is 5.67. The standard InChI is InChI=1S/C17H19N3O7/c1-11(22)8-14-16(19(24)25)9-18(6-7-21)10-17(14,20(26)27)15(23)12-4-2-3-5-13(12)16/h2-5,14,21H,6-10H2,1H3/t14?,16-,17-/m0/s1. The van der Waals surface area contributed by atoms with Crippen molar-refractivity contribution < 1.29 is 24.5 Å². The number of rotatable bonds is 6. The van der Waals surface area contributed by atoms with Crippen molar-refractivity contribution in [3.8, 4) is 0 Å². The summed E-state index contributed by atoms with van der Waals surface area (Å²) in [6.07, 6.45) is -0.449. The Hall–Kier alpha value is -2.72. The van der Waals surface area contributed by atoms with Gasteiger partial charge in [-0.3, -0.25) is 29.9 Å². The Morgan fingerprint density at radius 3 is 2.37 bits per heavy atom. The van der Waals surface area contributed by atoms with Gasteiger partial charge in [0, 0.05) is 33.9 Å². The van der Waals surface area contributed by atoms with E-state index in [4.69, 9.17) is 0 Å². The largest absolute Gasteiger partial charge is 0.395 e. The van der Waals surface area contributed by atoms with E-state index in [-0.39, 0.29) is 37.4 Å². The molecule has 0 spiro atoms. The molecule has 10 nitrogen and oxygen atoms in total. The number of hydrogen-bond donors (Lipinski definition) is 1. The van der Waals surface area contributed by atoms with Crippen LogP contribution in [0.4, 0.5) is 0 Å². The van der Waals surface area contributed by atoms with Crippen molar-refractivity contribution in [2.24, 2.45) is 5.92 Å². The van der Waals surface area contributed by atoms with Gasteiger partial charge in [-0.15, -0.1) is 0 Å². The first-order valence-electron chi connectivity index (χ1n) is 8.47. The molecule has 1 aromatic rings. The van der Waals surface area contributed by atoms with Gasteiger partial charge >= 0.3 is 5.54 Å². The lowest BCUT2D eigenvalue weighted by Crippen LogP contribution is -2.75. The molecule has 1 fully saturated rings. The van der Waals surface area contributed by atoms with Gasteiger partial charge in [-0.25, -0.2) is 0 Å². The highest BCUT2D eigenvalue weighted by atomic mass is 16.6. The third-order valence-corrected chi connectivity index (χ3v) is 5.67. The first-order chi connectivity index (χ1) is 12.7. The smallest absolute Gasteiger partial charge is 0.306 e. The van der Waals surface area contributed by atoms with Crippen molar-refractivity contribution in [1.29, 1.82) is 0 Å². The molecular formula is C17H19N3O7. The summed E-state index contributed by atoms with van der Waals surface area (Å²) < 4.78 is 0. The van der Waals surface area contributed by atoms with Crippen molar-refractivity contribution in [2.45, 2.75) is 24.4 Å². The molecule has 27 heavy (non-hydrogen) atoms. The lowest BCUT2D eigenvalue weighted by atomic mass is 9.56. The normalized spacial score (nSPS) is 29.9. The average molecular weight is 377 g/mol. The predicted molar refractivity (Wildman–Crippen MR) is 91.5 cm³/mol. The van der Waals surface area contributed by atoms with Gasteiger partial charge in [0.1, 0.15) is 11.7 Å². The maximum absolute atomic E-state index is 13.2. The van der Waals surface area contributed by atoms with Gasteiger partial charge in [0.15, 0.2) is 0 Å². The number of aliphatic hydroxyl groups excluding tert-OH is 1. The first kappa shape index (κ1) is 19.1. The quantitative estimate of drug-likeness (QED) is 0.549. The van der Waals surface area contributed by atoms with Gasteiger partial charge in [0.25, 0.3) is 5.54 Å². The molecule has 1 heterocycles. The molecule has 2 aliphatic rings. The summed E-state index contributed by atoms with van der Waals surface area (Å²) in [5.74, 6) is -2.69. The molecule has 10 heteroatoms. The Balaban J connectivity index is 2.39. The molecular weight excluding hydrogens is 358 g/mol. The third kappa shape index (κ3) is 2.47. The molecule has 1 saturated heterocycles. The van der Waals surface area contributed by atoms with Gasteiger partial charge in [-0.05, 0) is 6.92 Å². The zero-order valence-electron chi connectivity index (χ0n) is 14.7. The molecule has 1 unspecified atom stereocenters. The van der Waals surface area contributed by atoms with E-state index in [0.29, 0.717) is 0 Å². The van der Waals surface area contributed by atoms with Gasteiger partial charge in [-0.2, -0.15) is 0 Å². The number of carbonyl (C=O) groups excluding carboxylic acids is 2. The fourth-order valence-electron chi connectivity index (χ4n) is 4.62. The zero-order chi connectivity index (χ0) is 20.0. The maximum atomic E-state index is 13.2. The van der Waals surface area contributed by atoms with Crippen LogP contribution in [0.1, 0.15) is 29.3 Å². The zero-order valence-corrected chi connectivity index (χ0v) is 14.7. The van der Waals surface area contributed by atoms with Crippen molar-refractivity contribution in [3.63, 3.8) is 0 Å². The number of nitro groups is 2. The Morgan fingerprint density at radius 2 is 1.81 bits per heavy atom. The Bertz CT molecular complexity index is 842. The fraction of sp³-hybridized carbons (Fsp3) is 0.529. The van der Waals surface area contributed by atoms with E-state index in [1.807, 2.05) is 0 Å². The average Bonchev–Trinajstić information content (AvgIpc) is 2.60. The van der Waals surface area contributed by atoms with Crippen LogP contribution in [0.5, 0.6) is 0 Å². The van der Waals surface area contributed by atoms with Crippen LogP contribution in [0.2, 0.25) is 0 Å². The minimum Gasteiger partial charge on any atom is -0.395 e. The van der Waals surface area contributed by atoms with Gasteiger partial charge in [-0.1, -0.05) is 24.3 Å². The number of piperidine rings is 1. The fourth-order valence-corrected chi connectivity index (χ4v) is 4.62. The highest BCUT2D eigenvalue weighted by molar-refractivity contribution is 6.06. The monoisotopic (exact) mass is 377 g/mol. The number of ketones is 2. The highest BCUT2D eigenvalue weighted by Crippen LogP contribution is 2.53. The summed E-state index contributed by atoms with van der Waals surface area (Å²) in [6, 6.07) is 5.83. The number of β-amino-alcohol motifs (C(OH)–C–C–N with tert-alkyl or cyclic N) is 1. The van der Waals surface area contributed by atoms with E-state index >= 15 is 0 Å². The molecule has 1 aromatic carbocycles. The summed E-state index contributed by atoms with van der Waals surface area (Å²) in [4.78, 5) is 49.6. The number of Topliss-reactive ketones (excluding diaryl/α,β-unsaturated/α-hetero) is 2. The van der Waals surface area contributed by atoms with Crippen LogP contribution >= 0.6 is 0 Å². The molecule has 0 radical (unpaired) electrons. The van der Waals surface area contributed by atoms with E-state index in [1.165, 1.54) is 36.1 Å². The van der Waals surface area contributed by atoms with Crippen LogP contribution in [0.15, 0.2) is 24.3 Å². The van der Waals surface area contributed by atoms with Gasteiger partial charge < -0.3 is 9.90 Å². The van der Waals surface area contributed by atoms with E-state index in [9.17, 15) is 34.9 Å². The van der Waals surface area contributed by atoms with Crippen molar-refractivity contribution in [3.05, 3.63) is 55.6 Å². The van der Waals surface area contributed by atoms with Crippen LogP contribution in [-0.4, -0.2) is 63.2 Å². The van der Waals surface area contributed by atoms with Crippen LogP contribution < -0.4 is 0 Å². The summed E-state index contributed by atoms with van der Waals surface area (Å²) in [7, 11) is 0. The summed E-state index contributed by atoms with van der Waals surface area (Å²) in [5.41, 5.74) is -4.27. The lowest BCUT2D eigenvalue weighted by Gasteiger charge is -2.50. The Kier molecular flexibility index (Phi) is 4.56. The van der Waals surface area contributed by atoms with E-state index < -0.39 is 44.8 Å². The summed E-state index contributed by atoms with van der Waals surface area (Å²) in [6.45, 7) is 0.176. The summed E-state index contributed by atoms with van der Waals surface area (Å²) >= 11 is 0. The molecule has 0 saturated carbocycles. The topological polar surface area (TPSA) is 144 Å². The van der Waals surface area contributed by atoms with E-state index in [1.54, 1.807) is 0 Å². The van der Waals surface area contributed by atoms with Crippen molar-refractivity contribution >= 4 is 11.6 Å². The molecule has 0 amide bonds. The van der Waals surface area contributed by atoms with Crippen molar-refractivity contribution in [1.82, 2.24) is 4.90 Å². The predicted octanol–water partition coefficient (Wildman–Crippen LogP) is 0.274. The molecule has 1 aliphatic carbocycles. The molecule has 1 N–H and O–H groups in total. The number of carbonyl (C=O) groups is 2. The lowest BCUT2D eigenvalue weighted by molar-refractivity contribution is -0.640. The molecule has 3 atom stereocenters. The number of aliphatic hydroxyl groups is 1. The SMILES string of the molecule is CC(=O)CC1[C@]2([N+](=O)[O-])CN(CCO)C[C@@]1([N+](=O)[O-])C(=O)c1ccccc12. The van der Waals surface area contributed by atoms with Crippen LogP contribution in [0.25, 0.3) is 0 Å². The minimum absolute atomic E-state index is 0.0469. The second-order valence-corrected chi connectivity index (χ2v) is 7.13. The summed E-state index contributed by atoms with van der Waals surface area (Å²) in [5, 5.41) is 33.8. The Morgan fingerprint density at radius 1 is 1.22 bits per heavy atom. The first-order valence-corrected chi connectivity index (χ1v) is 8.47. The number of likely N-dealkylation sites (tertiary alicyclic amines) is 1. The Labute approximate surface area is 154 Å².